The third-order valence-corrected chi connectivity index (χ3v) is 4.36. The minimum absolute atomic E-state index is 0.618. The van der Waals surface area contributed by atoms with Gasteiger partial charge in [0.15, 0.2) is 0 Å². The number of benzene rings is 1. The number of hydrogen-bond donors (Lipinski definition) is 2. The minimum atomic E-state index is -2.74. The first kappa shape index (κ1) is 11.3. The monoisotopic (exact) mass is 277 g/mol. The lowest BCUT2D eigenvalue weighted by molar-refractivity contribution is 0.615. The van der Waals surface area contributed by atoms with Crippen LogP contribution >= 0.6 is 11.3 Å². The number of fused-ring (bicyclic) bond motifs is 1. The van der Waals surface area contributed by atoms with Crippen molar-refractivity contribution in [2.45, 2.75) is 0 Å². The molecule has 1 N–H and O–H groups in total. The average molecular weight is 277 g/mol. The van der Waals surface area contributed by atoms with Gasteiger partial charge in [0.25, 0.3) is 0 Å². The molecule has 2 heterocycles. The summed E-state index contributed by atoms with van der Waals surface area (Å²) in [5.74, 6) is 0. The molecule has 1 aromatic carbocycles. The number of rotatable bonds is 3. The van der Waals surface area contributed by atoms with E-state index in [1.54, 1.807) is 24.4 Å². The number of aromatic nitrogens is 1. The van der Waals surface area contributed by atoms with Gasteiger partial charge in [-0.05, 0) is 41.8 Å². The van der Waals surface area contributed by atoms with Crippen LogP contribution in [0, 0.1) is 6.07 Å². The maximum absolute atomic E-state index is 11.5. The molecule has 0 saturated heterocycles. The number of aromatic amines is 1. The second-order valence-corrected chi connectivity index (χ2v) is 5.45. The van der Waals surface area contributed by atoms with Crippen molar-refractivity contribution in [2.24, 2.45) is 0 Å². The van der Waals surface area contributed by atoms with Gasteiger partial charge in [0.1, 0.15) is 5.00 Å². The van der Waals surface area contributed by atoms with Crippen molar-refractivity contribution in [1.82, 2.24) is 4.98 Å². The summed E-state index contributed by atoms with van der Waals surface area (Å²) in [5.41, 5.74) is 1.48. The van der Waals surface area contributed by atoms with Gasteiger partial charge >= 0.3 is 0 Å². The lowest BCUT2D eigenvalue weighted by Crippen LogP contribution is -2.13. The maximum atomic E-state index is 11.5. The second kappa shape index (κ2) is 4.47. The predicted octanol–water partition coefficient (Wildman–Crippen LogP) is 2.69. The van der Waals surface area contributed by atoms with Crippen LogP contribution in [0.25, 0.3) is 10.9 Å². The summed E-state index contributed by atoms with van der Waals surface area (Å²) in [7, 11) is -2.74. The first-order valence-corrected chi connectivity index (χ1v) is 7.23. The first-order chi connectivity index (χ1) is 8.77. The highest BCUT2D eigenvalue weighted by molar-refractivity contribution is 7.74. The van der Waals surface area contributed by atoms with E-state index in [0.717, 1.165) is 10.9 Å². The molecule has 0 saturated carbocycles. The Morgan fingerprint density at radius 2 is 2.17 bits per heavy atom. The smallest absolute Gasteiger partial charge is 0.230 e. The number of thiophene rings is 1. The molecule has 0 aliphatic heterocycles. The molecule has 0 fully saturated rings. The quantitative estimate of drug-likeness (QED) is 0.723. The molecule has 2 aromatic heterocycles. The summed E-state index contributed by atoms with van der Waals surface area (Å²) >= 11 is 1.38. The zero-order valence-electron chi connectivity index (χ0n) is 9.16. The van der Waals surface area contributed by atoms with Gasteiger partial charge in [0.05, 0.1) is 5.69 Å². The lowest BCUT2D eigenvalue weighted by Gasteiger charge is -2.16. The number of nitrogens with one attached hydrogen (secondary N) is 1. The molecular weight excluding hydrogens is 268 g/mol. The van der Waals surface area contributed by atoms with Crippen LogP contribution in [0.1, 0.15) is 0 Å². The molecule has 0 aliphatic rings. The fourth-order valence-corrected chi connectivity index (χ4v) is 3.42. The van der Waals surface area contributed by atoms with Gasteiger partial charge in [-0.2, -0.15) is 0 Å². The van der Waals surface area contributed by atoms with Gasteiger partial charge in [-0.3, -0.25) is 0 Å². The van der Waals surface area contributed by atoms with Gasteiger partial charge in [0, 0.05) is 17.1 Å². The molecule has 0 bridgehead atoms. The van der Waals surface area contributed by atoms with Crippen LogP contribution in [-0.2, 0) is 10.9 Å². The van der Waals surface area contributed by atoms with E-state index >= 15 is 0 Å². The van der Waals surface area contributed by atoms with E-state index in [2.05, 4.69) is 11.1 Å². The van der Waals surface area contributed by atoms with Gasteiger partial charge in [-0.25, -0.2) is 12.7 Å². The topological polar surface area (TPSA) is 53.2 Å². The van der Waals surface area contributed by atoms with Crippen molar-refractivity contribution < 1.29 is 8.42 Å². The van der Waals surface area contributed by atoms with Crippen molar-refractivity contribution in [2.75, 3.05) is 4.31 Å². The Labute approximate surface area is 110 Å². The van der Waals surface area contributed by atoms with Crippen LogP contribution in [0.4, 0.5) is 10.7 Å². The van der Waals surface area contributed by atoms with Gasteiger partial charge in [0.2, 0.25) is 10.9 Å². The molecule has 0 aliphatic carbocycles. The Morgan fingerprint density at radius 1 is 1.28 bits per heavy atom. The van der Waals surface area contributed by atoms with E-state index in [9.17, 15) is 8.42 Å². The molecule has 0 unspecified atom stereocenters. The summed E-state index contributed by atoms with van der Waals surface area (Å²) in [6.07, 6.45) is 1.78. The number of nitrogens with zero attached hydrogens (tertiary/aromatic N) is 1. The van der Waals surface area contributed by atoms with Crippen molar-refractivity contribution in [1.29, 1.82) is 0 Å². The Hall–Kier alpha value is -1.79. The molecule has 6 heteroatoms. The van der Waals surface area contributed by atoms with Crippen molar-refractivity contribution >= 4 is 43.8 Å². The van der Waals surface area contributed by atoms with E-state index in [0.29, 0.717) is 10.7 Å². The van der Waals surface area contributed by atoms with Crippen LogP contribution in [0.3, 0.4) is 0 Å². The predicted molar refractivity (Wildman–Crippen MR) is 73.9 cm³/mol. The van der Waals surface area contributed by atoms with E-state index in [4.69, 9.17) is 0 Å². The highest BCUT2D eigenvalue weighted by Crippen LogP contribution is 2.34. The molecule has 3 rings (SSSR count). The minimum Gasteiger partial charge on any atom is -0.361 e. The third-order valence-electron chi connectivity index (χ3n) is 2.61. The maximum Gasteiger partial charge on any atom is 0.230 e. The molecule has 3 aromatic rings. The van der Waals surface area contributed by atoms with Crippen LogP contribution in [0.2, 0.25) is 0 Å². The van der Waals surface area contributed by atoms with E-state index in [1.807, 2.05) is 17.5 Å². The van der Waals surface area contributed by atoms with Crippen molar-refractivity contribution in [3.63, 3.8) is 0 Å². The Balaban J connectivity index is 2.25. The van der Waals surface area contributed by atoms with Crippen molar-refractivity contribution in [3.8, 4) is 0 Å². The summed E-state index contributed by atoms with van der Waals surface area (Å²) in [6.45, 7) is 0. The van der Waals surface area contributed by atoms with E-state index < -0.39 is 10.9 Å². The molecule has 0 atom stereocenters. The van der Waals surface area contributed by atoms with Crippen LogP contribution < -0.4 is 4.31 Å². The fourth-order valence-electron chi connectivity index (χ4n) is 1.86. The fraction of sp³-hybridized carbons (Fsp3) is 0. The standard InChI is InChI=1S/C12H9N2O2S2/c15-18(16)14(12-5-2-8-17-12)11-4-1-3-10-9(11)6-7-13-10/h2-8,13,18H. The van der Waals surface area contributed by atoms with Crippen LogP contribution in [0.15, 0.2) is 41.9 Å². The zero-order valence-corrected chi connectivity index (χ0v) is 10.9. The largest absolute Gasteiger partial charge is 0.361 e. The summed E-state index contributed by atoms with van der Waals surface area (Å²) in [4.78, 5) is 3.05. The lowest BCUT2D eigenvalue weighted by atomic mass is 10.2. The SMILES string of the molecule is O=[SH](=O)N(c1cccs1)c1c[c]cc2[nH]ccc12. The highest BCUT2D eigenvalue weighted by Gasteiger charge is 2.15. The Kier molecular flexibility index (Phi) is 2.81. The van der Waals surface area contributed by atoms with Crippen LogP contribution in [0.5, 0.6) is 0 Å². The molecule has 4 nitrogen and oxygen atoms in total. The average Bonchev–Trinajstić information content (AvgIpc) is 2.98. The first-order valence-electron chi connectivity index (χ1n) is 5.22. The summed E-state index contributed by atoms with van der Waals surface area (Å²) in [5, 5.41) is 3.39. The summed E-state index contributed by atoms with van der Waals surface area (Å²) in [6, 6.07) is 11.9. The highest BCUT2D eigenvalue weighted by atomic mass is 32.2. The second-order valence-electron chi connectivity index (χ2n) is 3.65. The number of thiol groups is 1. The normalized spacial score (nSPS) is 11.2. The molecule has 0 amide bonds. The molecular formula is C12H9N2O2S2. The van der Waals surface area contributed by atoms with E-state index in [1.165, 1.54) is 15.6 Å². The zero-order chi connectivity index (χ0) is 12.5. The van der Waals surface area contributed by atoms with Crippen LogP contribution in [-0.4, -0.2) is 13.4 Å². The molecule has 0 spiro atoms. The molecule has 91 valence electrons. The third kappa shape index (κ3) is 1.79. The number of H-pyrrole nitrogens is 1. The van der Waals surface area contributed by atoms with Crippen molar-refractivity contribution in [3.05, 3.63) is 48.0 Å². The number of hydrogen-bond acceptors (Lipinski definition) is 3. The van der Waals surface area contributed by atoms with Gasteiger partial charge in [-0.1, -0.05) is 0 Å². The van der Waals surface area contributed by atoms with Gasteiger partial charge in [-0.15, -0.1) is 11.3 Å². The summed E-state index contributed by atoms with van der Waals surface area (Å²) < 4.78 is 24.3. The van der Waals surface area contributed by atoms with Gasteiger partial charge < -0.3 is 4.98 Å². The Bertz CT molecular complexity index is 736. The molecule has 18 heavy (non-hydrogen) atoms. The molecule has 1 radical (unpaired) electrons. The number of anilines is 2. The Morgan fingerprint density at radius 3 is 2.89 bits per heavy atom. The van der Waals surface area contributed by atoms with E-state index in [-0.39, 0.29) is 0 Å².